The van der Waals surface area contributed by atoms with Crippen molar-refractivity contribution in [3.63, 3.8) is 0 Å². The average molecular weight is 363 g/mol. The summed E-state index contributed by atoms with van der Waals surface area (Å²) in [5.41, 5.74) is -1.93. The van der Waals surface area contributed by atoms with Gasteiger partial charge in [-0.25, -0.2) is 0 Å². The summed E-state index contributed by atoms with van der Waals surface area (Å²) < 4.78 is 39.7. The van der Waals surface area contributed by atoms with Crippen LogP contribution in [0.3, 0.4) is 0 Å². The molecule has 1 aromatic rings. The van der Waals surface area contributed by atoms with Crippen LogP contribution in [0.15, 0.2) is 22.7 Å². The van der Waals surface area contributed by atoms with Crippen molar-refractivity contribution in [2.45, 2.75) is 12.6 Å². The minimum atomic E-state index is -4.81. The molecule has 1 fully saturated rings. The molecule has 0 aliphatic carbocycles. The summed E-state index contributed by atoms with van der Waals surface area (Å²) in [6.07, 6.45) is -5.30. The summed E-state index contributed by atoms with van der Waals surface area (Å²) in [7, 11) is 0. The number of hydrogen-bond donors (Lipinski definition) is 1. The summed E-state index contributed by atoms with van der Waals surface area (Å²) in [6, 6.07) is 6.44. The predicted octanol–water partition coefficient (Wildman–Crippen LogP) is 3.16. The first-order valence-corrected chi connectivity index (χ1v) is 6.75. The Morgan fingerprint density at radius 2 is 2.14 bits per heavy atom. The molecule has 1 aliphatic heterocycles. The largest absolute Gasteiger partial charge is 0.481 e. The highest BCUT2D eigenvalue weighted by Crippen LogP contribution is 2.46. The second-order valence-electron chi connectivity index (χ2n) is 4.83. The Labute approximate surface area is 126 Å². The first kappa shape index (κ1) is 15.6. The van der Waals surface area contributed by atoms with E-state index in [1.807, 2.05) is 6.07 Å². The van der Waals surface area contributed by atoms with Gasteiger partial charge in [0.15, 0.2) is 5.41 Å². The van der Waals surface area contributed by atoms with Gasteiger partial charge in [-0.3, -0.25) is 4.79 Å². The number of carboxylic acids is 1. The highest BCUT2D eigenvalue weighted by Gasteiger charge is 2.63. The van der Waals surface area contributed by atoms with Crippen LogP contribution in [-0.4, -0.2) is 30.3 Å². The fraction of sp³-hybridized carbons (Fsp3) is 0.385. The lowest BCUT2D eigenvalue weighted by Crippen LogP contribution is -2.47. The van der Waals surface area contributed by atoms with Gasteiger partial charge in [-0.15, -0.1) is 0 Å². The minimum Gasteiger partial charge on any atom is -0.481 e. The molecular formula is C13H10BrF3N2O2. The standard InChI is InChI=1S/C13H10BrF3N2O2/c14-10-5-9(2-1-8(10)6-18)19-4-3-12(7-19,11(20)21)13(15,16)17/h1-2,5H,3-4,7H2,(H,20,21). The van der Waals surface area contributed by atoms with Gasteiger partial charge in [0.05, 0.1) is 5.56 Å². The fourth-order valence-corrected chi connectivity index (χ4v) is 2.80. The normalized spacial score (nSPS) is 22.1. The number of nitrogens with zero attached hydrogens (tertiary/aromatic N) is 2. The molecule has 0 spiro atoms. The quantitative estimate of drug-likeness (QED) is 0.877. The van der Waals surface area contributed by atoms with Crippen LogP contribution in [-0.2, 0) is 4.79 Å². The monoisotopic (exact) mass is 362 g/mol. The third-order valence-corrected chi connectivity index (χ3v) is 4.32. The lowest BCUT2D eigenvalue weighted by Gasteiger charge is -2.27. The number of benzene rings is 1. The van der Waals surface area contributed by atoms with Crippen molar-refractivity contribution in [2.75, 3.05) is 18.0 Å². The van der Waals surface area contributed by atoms with Crippen LogP contribution in [0.2, 0.25) is 0 Å². The van der Waals surface area contributed by atoms with Crippen molar-refractivity contribution in [3.05, 3.63) is 28.2 Å². The van der Waals surface area contributed by atoms with Crippen LogP contribution < -0.4 is 4.90 Å². The maximum Gasteiger partial charge on any atom is 0.406 e. The van der Waals surface area contributed by atoms with Gasteiger partial charge in [0, 0.05) is 23.2 Å². The number of carbonyl (C=O) groups is 1. The summed E-state index contributed by atoms with van der Waals surface area (Å²) >= 11 is 3.16. The molecule has 2 rings (SSSR count). The number of alkyl halides is 3. The van der Waals surface area contributed by atoms with E-state index in [9.17, 15) is 18.0 Å². The van der Waals surface area contributed by atoms with Crippen molar-refractivity contribution in [3.8, 4) is 6.07 Å². The Morgan fingerprint density at radius 3 is 2.57 bits per heavy atom. The number of halogens is 4. The summed E-state index contributed by atoms with van der Waals surface area (Å²) in [6.45, 7) is -0.645. The molecule has 4 nitrogen and oxygen atoms in total. The third kappa shape index (κ3) is 2.58. The van der Waals surface area contributed by atoms with Gasteiger partial charge < -0.3 is 10.0 Å². The smallest absolute Gasteiger partial charge is 0.406 e. The van der Waals surface area contributed by atoms with Gasteiger partial charge in [0.1, 0.15) is 6.07 Å². The van der Waals surface area contributed by atoms with E-state index in [0.29, 0.717) is 15.7 Å². The average Bonchev–Trinajstić information content (AvgIpc) is 2.84. The zero-order valence-electron chi connectivity index (χ0n) is 10.6. The number of anilines is 1. The molecule has 1 saturated heterocycles. The number of hydrogen-bond acceptors (Lipinski definition) is 3. The Bertz CT molecular complexity index is 627. The fourth-order valence-electron chi connectivity index (χ4n) is 2.35. The second-order valence-corrected chi connectivity index (χ2v) is 5.69. The Balaban J connectivity index is 2.32. The van der Waals surface area contributed by atoms with Gasteiger partial charge in [-0.1, -0.05) is 0 Å². The van der Waals surface area contributed by atoms with E-state index in [4.69, 9.17) is 10.4 Å². The molecule has 1 aliphatic rings. The molecule has 0 saturated carbocycles. The zero-order valence-corrected chi connectivity index (χ0v) is 12.2. The first-order chi connectivity index (χ1) is 9.71. The van der Waals surface area contributed by atoms with E-state index in [1.54, 1.807) is 0 Å². The zero-order chi connectivity index (χ0) is 15.8. The molecule has 0 radical (unpaired) electrons. The summed E-state index contributed by atoms with van der Waals surface area (Å²) in [5.74, 6) is -1.86. The van der Waals surface area contributed by atoms with Crippen molar-refractivity contribution < 1.29 is 23.1 Å². The van der Waals surface area contributed by atoms with Crippen LogP contribution in [0, 0.1) is 16.7 Å². The molecule has 8 heteroatoms. The van der Waals surface area contributed by atoms with E-state index in [1.165, 1.54) is 23.1 Å². The predicted molar refractivity (Wildman–Crippen MR) is 71.8 cm³/mol. The van der Waals surface area contributed by atoms with Crippen molar-refractivity contribution in [1.82, 2.24) is 0 Å². The van der Waals surface area contributed by atoms with Crippen LogP contribution in [0.5, 0.6) is 0 Å². The van der Waals surface area contributed by atoms with E-state index in [2.05, 4.69) is 15.9 Å². The maximum atomic E-state index is 13.1. The molecule has 0 aromatic heterocycles. The molecule has 1 aromatic carbocycles. The minimum absolute atomic E-state index is 0.00977. The number of rotatable bonds is 2. The van der Waals surface area contributed by atoms with Crippen LogP contribution in [0.25, 0.3) is 0 Å². The van der Waals surface area contributed by atoms with E-state index in [0.717, 1.165) is 0 Å². The molecule has 1 atom stereocenters. The molecule has 0 bridgehead atoms. The van der Waals surface area contributed by atoms with Crippen LogP contribution in [0.4, 0.5) is 18.9 Å². The topological polar surface area (TPSA) is 64.3 Å². The summed E-state index contributed by atoms with van der Waals surface area (Å²) in [4.78, 5) is 12.5. The van der Waals surface area contributed by atoms with Gasteiger partial charge in [-0.05, 0) is 40.5 Å². The SMILES string of the molecule is N#Cc1ccc(N2CCC(C(=O)O)(C(F)(F)F)C2)cc1Br. The van der Waals surface area contributed by atoms with Gasteiger partial charge in [0.25, 0.3) is 0 Å². The summed E-state index contributed by atoms with van der Waals surface area (Å²) in [5, 5.41) is 17.8. The van der Waals surface area contributed by atoms with Gasteiger partial charge >= 0.3 is 12.1 Å². The first-order valence-electron chi connectivity index (χ1n) is 5.96. The Hall–Kier alpha value is -1.75. The number of carboxylic acid groups (broad SMARTS) is 1. The molecule has 1 N–H and O–H groups in total. The number of aliphatic carboxylic acids is 1. The molecule has 0 amide bonds. The Kier molecular flexibility index (Phi) is 3.89. The lowest BCUT2D eigenvalue weighted by molar-refractivity contribution is -0.225. The highest BCUT2D eigenvalue weighted by atomic mass is 79.9. The molecule has 1 heterocycles. The maximum absolute atomic E-state index is 13.1. The van der Waals surface area contributed by atoms with Crippen molar-refractivity contribution in [2.24, 2.45) is 5.41 Å². The molecular weight excluding hydrogens is 353 g/mol. The van der Waals surface area contributed by atoms with Crippen LogP contribution in [0.1, 0.15) is 12.0 Å². The lowest BCUT2D eigenvalue weighted by atomic mass is 9.86. The van der Waals surface area contributed by atoms with E-state index < -0.39 is 30.5 Å². The van der Waals surface area contributed by atoms with Crippen LogP contribution >= 0.6 is 15.9 Å². The Morgan fingerprint density at radius 1 is 1.48 bits per heavy atom. The highest BCUT2D eigenvalue weighted by molar-refractivity contribution is 9.10. The van der Waals surface area contributed by atoms with Gasteiger partial charge in [-0.2, -0.15) is 18.4 Å². The van der Waals surface area contributed by atoms with Gasteiger partial charge in [0.2, 0.25) is 0 Å². The molecule has 112 valence electrons. The van der Waals surface area contributed by atoms with Crippen molar-refractivity contribution >= 4 is 27.6 Å². The molecule has 21 heavy (non-hydrogen) atoms. The third-order valence-electron chi connectivity index (χ3n) is 3.66. The molecule has 1 unspecified atom stereocenters. The van der Waals surface area contributed by atoms with E-state index in [-0.39, 0.29) is 6.54 Å². The van der Waals surface area contributed by atoms with Crippen molar-refractivity contribution in [1.29, 1.82) is 5.26 Å². The van der Waals surface area contributed by atoms with E-state index >= 15 is 0 Å². The second kappa shape index (κ2) is 5.22. The number of nitriles is 1.